The maximum Gasteiger partial charge on any atom is 0.220 e. The van der Waals surface area contributed by atoms with Crippen LogP contribution >= 0.6 is 11.3 Å². The Labute approximate surface area is 133 Å². The Balaban J connectivity index is 1.46. The summed E-state index contributed by atoms with van der Waals surface area (Å²) in [6.07, 6.45) is 2.16. The quantitative estimate of drug-likeness (QED) is 0.758. The fourth-order valence-electron chi connectivity index (χ4n) is 2.37. The summed E-state index contributed by atoms with van der Waals surface area (Å²) in [7, 11) is 0. The lowest BCUT2D eigenvalue weighted by molar-refractivity contribution is -0.121. The lowest BCUT2D eigenvalue weighted by atomic mass is 10.1. The number of aromatic nitrogens is 1. The topological polar surface area (TPSA) is 55.1 Å². The number of rotatable bonds is 6. The third-order valence-electron chi connectivity index (χ3n) is 3.47. The number of carbonyl (C=O) groups is 1. The zero-order chi connectivity index (χ0) is 15.4. The van der Waals surface area contributed by atoms with E-state index in [9.17, 15) is 4.79 Å². The summed E-state index contributed by atoms with van der Waals surface area (Å²) in [4.78, 5) is 17.4. The van der Waals surface area contributed by atoms with Crippen molar-refractivity contribution in [3.05, 3.63) is 52.0 Å². The van der Waals surface area contributed by atoms with E-state index >= 15 is 0 Å². The summed E-state index contributed by atoms with van der Waals surface area (Å²) in [6.45, 7) is 2.49. The van der Waals surface area contributed by atoms with Crippen LogP contribution in [-0.2, 0) is 17.6 Å². The fourth-order valence-corrected chi connectivity index (χ4v) is 3.08. The summed E-state index contributed by atoms with van der Waals surface area (Å²) in [5.74, 6) is 0.779. The van der Waals surface area contributed by atoms with Gasteiger partial charge in [-0.15, -0.1) is 11.3 Å². The Morgan fingerprint density at radius 3 is 3.05 bits per heavy atom. The van der Waals surface area contributed by atoms with Gasteiger partial charge in [0.15, 0.2) is 11.5 Å². The lowest BCUT2D eigenvalue weighted by Crippen LogP contribution is -2.25. The first-order valence-electron chi connectivity index (χ1n) is 7.36. The molecule has 0 atom stereocenters. The van der Waals surface area contributed by atoms with E-state index in [2.05, 4.69) is 16.4 Å². The first-order chi connectivity index (χ1) is 10.7. The molecule has 5 heteroatoms. The minimum absolute atomic E-state index is 0.103. The number of aryl methyl sites for hydroxylation is 2. The first kappa shape index (κ1) is 14.8. The van der Waals surface area contributed by atoms with Gasteiger partial charge in [0.05, 0.1) is 0 Å². The van der Waals surface area contributed by atoms with Gasteiger partial charge in [0.1, 0.15) is 5.52 Å². The van der Waals surface area contributed by atoms with Gasteiger partial charge >= 0.3 is 0 Å². The Kier molecular flexibility index (Phi) is 4.53. The number of hydrogen-bond acceptors (Lipinski definition) is 4. The first-order valence-corrected chi connectivity index (χ1v) is 8.24. The molecule has 0 aliphatic carbocycles. The minimum Gasteiger partial charge on any atom is -0.441 e. The Bertz CT molecular complexity index is 762. The van der Waals surface area contributed by atoms with Crippen LogP contribution in [0.1, 0.15) is 22.8 Å². The predicted molar refractivity (Wildman–Crippen MR) is 88.1 cm³/mol. The SMILES string of the molecule is Cc1nc2cc(CCNC(=O)CCc3cccs3)ccc2o1. The summed E-state index contributed by atoms with van der Waals surface area (Å²) in [5.41, 5.74) is 2.83. The second kappa shape index (κ2) is 6.75. The maximum absolute atomic E-state index is 11.8. The Morgan fingerprint density at radius 2 is 2.23 bits per heavy atom. The minimum atomic E-state index is 0.103. The van der Waals surface area contributed by atoms with Gasteiger partial charge < -0.3 is 9.73 Å². The van der Waals surface area contributed by atoms with Gasteiger partial charge in [-0.3, -0.25) is 4.79 Å². The number of nitrogens with zero attached hydrogens (tertiary/aromatic N) is 1. The average molecular weight is 314 g/mol. The number of amides is 1. The van der Waals surface area contributed by atoms with Gasteiger partial charge in [0.2, 0.25) is 5.91 Å². The molecule has 2 heterocycles. The standard InChI is InChI=1S/C17H18N2O2S/c1-12-19-15-11-13(4-6-16(15)21-12)8-9-18-17(20)7-5-14-3-2-10-22-14/h2-4,6,10-11H,5,7-9H2,1H3,(H,18,20). The molecule has 22 heavy (non-hydrogen) atoms. The van der Waals surface area contributed by atoms with Crippen LogP contribution in [0.2, 0.25) is 0 Å². The molecule has 0 spiro atoms. The summed E-state index contributed by atoms with van der Waals surface area (Å²) < 4.78 is 5.45. The van der Waals surface area contributed by atoms with Crippen molar-refractivity contribution in [3.63, 3.8) is 0 Å². The van der Waals surface area contributed by atoms with Crippen LogP contribution < -0.4 is 5.32 Å². The number of thiophene rings is 1. The van der Waals surface area contributed by atoms with Gasteiger partial charge in [-0.05, 0) is 42.0 Å². The second-order valence-corrected chi connectivity index (χ2v) is 6.25. The van der Waals surface area contributed by atoms with Crippen LogP contribution in [0.15, 0.2) is 40.1 Å². The van der Waals surface area contributed by atoms with Crippen LogP contribution in [0.3, 0.4) is 0 Å². The molecule has 3 aromatic rings. The van der Waals surface area contributed by atoms with Crippen LogP contribution in [0.5, 0.6) is 0 Å². The van der Waals surface area contributed by atoms with E-state index in [1.807, 2.05) is 36.6 Å². The van der Waals surface area contributed by atoms with Crippen molar-refractivity contribution in [2.24, 2.45) is 0 Å². The molecular formula is C17H18N2O2S. The highest BCUT2D eigenvalue weighted by Gasteiger charge is 2.05. The number of nitrogens with one attached hydrogen (secondary N) is 1. The molecule has 0 bridgehead atoms. The van der Waals surface area contributed by atoms with E-state index in [0.717, 1.165) is 29.5 Å². The van der Waals surface area contributed by atoms with E-state index < -0.39 is 0 Å². The number of carbonyl (C=O) groups excluding carboxylic acids is 1. The highest BCUT2D eigenvalue weighted by atomic mass is 32.1. The largest absolute Gasteiger partial charge is 0.441 e. The van der Waals surface area contributed by atoms with Crippen LogP contribution in [0.25, 0.3) is 11.1 Å². The van der Waals surface area contributed by atoms with Crippen molar-refractivity contribution in [2.45, 2.75) is 26.2 Å². The molecule has 1 aromatic carbocycles. The molecule has 4 nitrogen and oxygen atoms in total. The average Bonchev–Trinajstić information content (AvgIpc) is 3.12. The van der Waals surface area contributed by atoms with Crippen molar-refractivity contribution in [1.29, 1.82) is 0 Å². The third-order valence-corrected chi connectivity index (χ3v) is 4.41. The smallest absolute Gasteiger partial charge is 0.220 e. The predicted octanol–water partition coefficient (Wildman–Crippen LogP) is 3.49. The van der Waals surface area contributed by atoms with E-state index in [-0.39, 0.29) is 5.91 Å². The van der Waals surface area contributed by atoms with Crippen molar-refractivity contribution in [2.75, 3.05) is 6.54 Å². The highest BCUT2D eigenvalue weighted by Crippen LogP contribution is 2.17. The van der Waals surface area contributed by atoms with E-state index in [1.165, 1.54) is 4.88 Å². The zero-order valence-corrected chi connectivity index (χ0v) is 13.3. The highest BCUT2D eigenvalue weighted by molar-refractivity contribution is 7.09. The summed E-state index contributed by atoms with van der Waals surface area (Å²) in [6, 6.07) is 10.0. The van der Waals surface area contributed by atoms with Crippen molar-refractivity contribution < 1.29 is 9.21 Å². The fraction of sp³-hybridized carbons (Fsp3) is 0.294. The molecule has 1 amide bonds. The number of hydrogen-bond donors (Lipinski definition) is 1. The van der Waals surface area contributed by atoms with Crippen LogP contribution in [0.4, 0.5) is 0 Å². The molecular weight excluding hydrogens is 296 g/mol. The molecule has 1 N–H and O–H groups in total. The summed E-state index contributed by atoms with van der Waals surface area (Å²) in [5, 5.41) is 5.01. The van der Waals surface area contributed by atoms with Crippen LogP contribution in [0, 0.1) is 6.92 Å². The van der Waals surface area contributed by atoms with Gasteiger partial charge in [0.25, 0.3) is 0 Å². The van der Waals surface area contributed by atoms with Crippen molar-refractivity contribution in [1.82, 2.24) is 10.3 Å². The number of benzene rings is 1. The molecule has 0 aliphatic rings. The monoisotopic (exact) mass is 314 g/mol. The number of oxazole rings is 1. The van der Waals surface area contributed by atoms with E-state index in [4.69, 9.17) is 4.42 Å². The number of fused-ring (bicyclic) bond motifs is 1. The lowest BCUT2D eigenvalue weighted by Gasteiger charge is -2.05. The molecule has 0 aliphatic heterocycles. The molecule has 0 saturated heterocycles. The van der Waals surface area contributed by atoms with E-state index in [0.29, 0.717) is 18.9 Å². The molecule has 114 valence electrons. The molecule has 0 unspecified atom stereocenters. The van der Waals surface area contributed by atoms with Gasteiger partial charge in [-0.1, -0.05) is 12.1 Å². The Hall–Kier alpha value is -2.14. The molecule has 0 saturated carbocycles. The molecule has 2 aromatic heterocycles. The second-order valence-electron chi connectivity index (χ2n) is 5.21. The van der Waals surface area contributed by atoms with Gasteiger partial charge in [0, 0.05) is 24.8 Å². The van der Waals surface area contributed by atoms with Crippen molar-refractivity contribution in [3.8, 4) is 0 Å². The Morgan fingerprint density at radius 1 is 1.32 bits per heavy atom. The summed E-state index contributed by atoms with van der Waals surface area (Å²) >= 11 is 1.69. The van der Waals surface area contributed by atoms with E-state index in [1.54, 1.807) is 11.3 Å². The van der Waals surface area contributed by atoms with Gasteiger partial charge in [-0.25, -0.2) is 4.98 Å². The van der Waals surface area contributed by atoms with Crippen LogP contribution in [-0.4, -0.2) is 17.4 Å². The molecule has 3 rings (SSSR count). The third kappa shape index (κ3) is 3.74. The van der Waals surface area contributed by atoms with Gasteiger partial charge in [-0.2, -0.15) is 0 Å². The maximum atomic E-state index is 11.8. The molecule has 0 fully saturated rings. The zero-order valence-electron chi connectivity index (χ0n) is 12.5. The molecule has 0 radical (unpaired) electrons. The van der Waals surface area contributed by atoms with Crippen molar-refractivity contribution >= 4 is 28.3 Å². The normalized spacial score (nSPS) is 11.0.